The van der Waals surface area contributed by atoms with E-state index < -0.39 is 23.6 Å². The van der Waals surface area contributed by atoms with Crippen molar-refractivity contribution in [1.82, 2.24) is 4.90 Å². The van der Waals surface area contributed by atoms with E-state index in [2.05, 4.69) is 0 Å². The normalized spacial score (nSPS) is 16.7. The van der Waals surface area contributed by atoms with Gasteiger partial charge >= 0.3 is 12.1 Å². The number of aliphatic carboxylic acids is 1. The van der Waals surface area contributed by atoms with Crippen LogP contribution in [0.15, 0.2) is 30.3 Å². The van der Waals surface area contributed by atoms with Gasteiger partial charge in [-0.25, -0.2) is 0 Å². The quantitative estimate of drug-likeness (QED) is 0.868. The molecule has 0 bridgehead atoms. The molecule has 0 atom stereocenters. The van der Waals surface area contributed by atoms with E-state index in [9.17, 15) is 22.8 Å². The van der Waals surface area contributed by atoms with E-state index in [1.54, 1.807) is 4.90 Å². The van der Waals surface area contributed by atoms with E-state index in [0.29, 0.717) is 31.5 Å². The number of hydrogen-bond acceptors (Lipinski definition) is 2. The van der Waals surface area contributed by atoms with Gasteiger partial charge < -0.3 is 10.0 Å². The zero-order chi connectivity index (χ0) is 17.0. The summed E-state index contributed by atoms with van der Waals surface area (Å²) >= 11 is 0. The Labute approximate surface area is 131 Å². The summed E-state index contributed by atoms with van der Waals surface area (Å²) < 4.78 is 37.3. The second-order valence-electron chi connectivity index (χ2n) is 5.39. The van der Waals surface area contributed by atoms with Crippen molar-refractivity contribution >= 4 is 18.0 Å². The molecule has 1 N–H and O–H groups in total. The molecule has 1 amide bonds. The molecule has 0 saturated carbocycles. The fourth-order valence-electron chi connectivity index (χ4n) is 2.40. The number of carboxylic acids is 1. The van der Waals surface area contributed by atoms with Crippen LogP contribution in [0.25, 0.3) is 6.08 Å². The second-order valence-corrected chi connectivity index (χ2v) is 5.39. The smallest absolute Gasteiger partial charge is 0.416 e. The Hall–Kier alpha value is -2.31. The summed E-state index contributed by atoms with van der Waals surface area (Å²) in [5.74, 6) is -1.54. The number of likely N-dealkylation sites (tertiary alicyclic amines) is 1. The summed E-state index contributed by atoms with van der Waals surface area (Å²) in [5.41, 5.74) is -0.247. The number of rotatable bonds is 3. The zero-order valence-corrected chi connectivity index (χ0v) is 12.2. The molecule has 0 radical (unpaired) electrons. The van der Waals surface area contributed by atoms with E-state index in [1.807, 2.05) is 0 Å². The minimum Gasteiger partial charge on any atom is -0.481 e. The monoisotopic (exact) mass is 327 g/mol. The summed E-state index contributed by atoms with van der Waals surface area (Å²) in [6.07, 6.45) is -0.813. The van der Waals surface area contributed by atoms with Crippen molar-refractivity contribution in [3.63, 3.8) is 0 Å². The Kier molecular flexibility index (Phi) is 5.08. The van der Waals surface area contributed by atoms with Crippen LogP contribution in [0.3, 0.4) is 0 Å². The van der Waals surface area contributed by atoms with Crippen molar-refractivity contribution in [3.8, 4) is 0 Å². The molecule has 0 aromatic heterocycles. The average Bonchev–Trinajstić information content (AvgIpc) is 2.52. The van der Waals surface area contributed by atoms with Crippen molar-refractivity contribution in [3.05, 3.63) is 41.5 Å². The molecule has 0 spiro atoms. The predicted octanol–water partition coefficient (Wildman–Crippen LogP) is 3.04. The third-order valence-electron chi connectivity index (χ3n) is 3.81. The minimum atomic E-state index is -4.38. The zero-order valence-electron chi connectivity index (χ0n) is 12.2. The highest BCUT2D eigenvalue weighted by Gasteiger charge is 2.30. The highest BCUT2D eigenvalue weighted by molar-refractivity contribution is 5.92. The Balaban J connectivity index is 1.93. The van der Waals surface area contributed by atoms with Gasteiger partial charge in [-0.15, -0.1) is 0 Å². The Morgan fingerprint density at radius 3 is 2.17 bits per heavy atom. The number of amides is 1. The van der Waals surface area contributed by atoms with Crippen molar-refractivity contribution in [2.45, 2.75) is 19.0 Å². The average molecular weight is 327 g/mol. The maximum atomic E-state index is 12.4. The van der Waals surface area contributed by atoms with E-state index in [4.69, 9.17) is 5.11 Å². The molecule has 1 heterocycles. The van der Waals surface area contributed by atoms with Crippen molar-refractivity contribution in [2.75, 3.05) is 13.1 Å². The van der Waals surface area contributed by atoms with Crippen molar-refractivity contribution < 1.29 is 27.9 Å². The Morgan fingerprint density at radius 1 is 1.13 bits per heavy atom. The summed E-state index contributed by atoms with van der Waals surface area (Å²) in [7, 11) is 0. The van der Waals surface area contributed by atoms with Gasteiger partial charge in [0.05, 0.1) is 11.5 Å². The molecular formula is C16H16F3NO3. The molecule has 1 aliphatic rings. The largest absolute Gasteiger partial charge is 0.481 e. The van der Waals surface area contributed by atoms with E-state index >= 15 is 0 Å². The number of halogens is 3. The summed E-state index contributed by atoms with van der Waals surface area (Å²) in [6, 6.07) is 4.51. The number of alkyl halides is 3. The minimum absolute atomic E-state index is 0.270. The topological polar surface area (TPSA) is 57.6 Å². The number of hydrogen-bond donors (Lipinski definition) is 1. The van der Waals surface area contributed by atoms with Gasteiger partial charge in [-0.05, 0) is 36.6 Å². The first-order chi connectivity index (χ1) is 10.8. The lowest BCUT2D eigenvalue weighted by Crippen LogP contribution is -2.39. The van der Waals surface area contributed by atoms with Crippen LogP contribution in [0.5, 0.6) is 0 Å². The van der Waals surface area contributed by atoms with Gasteiger partial charge in [-0.2, -0.15) is 13.2 Å². The van der Waals surface area contributed by atoms with Gasteiger partial charge in [0.25, 0.3) is 0 Å². The number of nitrogens with zero attached hydrogens (tertiary/aromatic N) is 1. The number of carbonyl (C=O) groups is 2. The molecule has 1 aromatic rings. The van der Waals surface area contributed by atoms with Crippen LogP contribution < -0.4 is 0 Å². The van der Waals surface area contributed by atoms with Crippen LogP contribution in [-0.4, -0.2) is 35.0 Å². The number of piperidine rings is 1. The first-order valence-corrected chi connectivity index (χ1v) is 7.14. The van der Waals surface area contributed by atoms with Crippen LogP contribution in [0.1, 0.15) is 24.0 Å². The summed E-state index contributed by atoms with van der Waals surface area (Å²) in [4.78, 5) is 24.4. The summed E-state index contributed by atoms with van der Waals surface area (Å²) in [5, 5.41) is 8.90. The highest BCUT2D eigenvalue weighted by atomic mass is 19.4. The van der Waals surface area contributed by atoms with Crippen molar-refractivity contribution in [1.29, 1.82) is 0 Å². The molecule has 124 valence electrons. The molecule has 1 saturated heterocycles. The van der Waals surface area contributed by atoms with Gasteiger partial charge in [-0.1, -0.05) is 12.1 Å². The molecule has 23 heavy (non-hydrogen) atoms. The molecule has 0 unspecified atom stereocenters. The third-order valence-corrected chi connectivity index (χ3v) is 3.81. The van der Waals surface area contributed by atoms with E-state index in [0.717, 1.165) is 12.1 Å². The fraction of sp³-hybridized carbons (Fsp3) is 0.375. The molecule has 1 aliphatic heterocycles. The molecule has 0 aliphatic carbocycles. The molecule has 1 fully saturated rings. The van der Waals surface area contributed by atoms with Crippen molar-refractivity contribution in [2.24, 2.45) is 5.92 Å². The number of carboxylic acid groups (broad SMARTS) is 1. The maximum Gasteiger partial charge on any atom is 0.416 e. The lowest BCUT2D eigenvalue weighted by Gasteiger charge is -2.29. The standard InChI is InChI=1S/C16H16F3NO3/c17-16(18,19)13-4-1-11(2-5-13)3-6-14(21)20-9-7-12(8-10-20)15(22)23/h1-6,12H,7-10H2,(H,22,23). The first-order valence-electron chi connectivity index (χ1n) is 7.14. The molecule has 4 nitrogen and oxygen atoms in total. The Bertz CT molecular complexity index is 600. The molecule has 7 heteroatoms. The summed E-state index contributed by atoms with van der Waals surface area (Å²) in [6.45, 7) is 0.736. The lowest BCUT2D eigenvalue weighted by molar-refractivity contribution is -0.144. The maximum absolute atomic E-state index is 12.4. The van der Waals surface area contributed by atoms with Crippen LogP contribution in [0.4, 0.5) is 13.2 Å². The highest BCUT2D eigenvalue weighted by Crippen LogP contribution is 2.29. The van der Waals surface area contributed by atoms with Gasteiger partial charge in [0.15, 0.2) is 0 Å². The van der Waals surface area contributed by atoms with Gasteiger partial charge in [0.2, 0.25) is 5.91 Å². The van der Waals surface area contributed by atoms with Crippen LogP contribution in [0, 0.1) is 5.92 Å². The molecule has 2 rings (SSSR count). The lowest BCUT2D eigenvalue weighted by atomic mass is 9.97. The van der Waals surface area contributed by atoms with Crippen LogP contribution in [-0.2, 0) is 15.8 Å². The van der Waals surface area contributed by atoms with Gasteiger partial charge in [0.1, 0.15) is 0 Å². The van der Waals surface area contributed by atoms with Gasteiger partial charge in [-0.3, -0.25) is 9.59 Å². The first kappa shape index (κ1) is 17.1. The van der Waals surface area contributed by atoms with E-state index in [1.165, 1.54) is 24.3 Å². The number of benzene rings is 1. The molecular weight excluding hydrogens is 311 g/mol. The van der Waals surface area contributed by atoms with Crippen LogP contribution >= 0.6 is 0 Å². The number of carbonyl (C=O) groups excluding carboxylic acids is 1. The Morgan fingerprint density at radius 2 is 1.70 bits per heavy atom. The van der Waals surface area contributed by atoms with E-state index in [-0.39, 0.29) is 5.91 Å². The fourth-order valence-corrected chi connectivity index (χ4v) is 2.40. The predicted molar refractivity (Wildman–Crippen MR) is 77.4 cm³/mol. The molecule has 1 aromatic carbocycles. The third kappa shape index (κ3) is 4.58. The van der Waals surface area contributed by atoms with Crippen LogP contribution in [0.2, 0.25) is 0 Å². The SMILES string of the molecule is O=C(O)C1CCN(C(=O)C=Cc2ccc(C(F)(F)F)cc2)CC1. The second kappa shape index (κ2) is 6.85. The van der Waals surface area contributed by atoms with Gasteiger partial charge in [0, 0.05) is 19.2 Å².